The molecule has 0 radical (unpaired) electrons. The van der Waals surface area contributed by atoms with E-state index >= 15 is 0 Å². The Morgan fingerprint density at radius 3 is 2.52 bits per heavy atom. The lowest BCUT2D eigenvalue weighted by Gasteiger charge is -1.99. The van der Waals surface area contributed by atoms with Crippen molar-refractivity contribution >= 4 is 11.9 Å². The molecule has 5 heteroatoms. The summed E-state index contributed by atoms with van der Waals surface area (Å²) in [6, 6.07) is 19.0. The van der Waals surface area contributed by atoms with Gasteiger partial charge in [-0.25, -0.2) is 4.39 Å². The van der Waals surface area contributed by atoms with Gasteiger partial charge in [-0.15, -0.1) is 0 Å². The van der Waals surface area contributed by atoms with Crippen LogP contribution in [0.1, 0.15) is 16.1 Å². The summed E-state index contributed by atoms with van der Waals surface area (Å²) in [5.41, 5.74) is 3.34. The molecule has 0 bridgehead atoms. The van der Waals surface area contributed by atoms with Crippen LogP contribution in [0.25, 0.3) is 28.7 Å². The van der Waals surface area contributed by atoms with Gasteiger partial charge in [-0.3, -0.25) is 9.89 Å². The third-order valence-corrected chi connectivity index (χ3v) is 4.12. The monoisotopic (exact) mass is 358 g/mol. The number of rotatable bonds is 5. The first-order valence-corrected chi connectivity index (χ1v) is 8.38. The van der Waals surface area contributed by atoms with E-state index in [1.807, 2.05) is 30.3 Å². The van der Waals surface area contributed by atoms with Gasteiger partial charge in [0, 0.05) is 16.7 Å². The maximum absolute atomic E-state index is 13.0. The van der Waals surface area contributed by atoms with Gasteiger partial charge in [-0.05, 0) is 48.6 Å². The van der Waals surface area contributed by atoms with Crippen LogP contribution in [0.5, 0.6) is 0 Å². The molecule has 0 aliphatic rings. The minimum atomic E-state index is -0.320. The van der Waals surface area contributed by atoms with Gasteiger partial charge in [0.25, 0.3) is 0 Å². The van der Waals surface area contributed by atoms with Crippen LogP contribution in [-0.2, 0) is 0 Å². The molecule has 0 atom stereocenters. The van der Waals surface area contributed by atoms with Crippen LogP contribution in [0, 0.1) is 5.82 Å². The molecule has 0 spiro atoms. The number of ketones is 1. The van der Waals surface area contributed by atoms with Gasteiger partial charge >= 0.3 is 0 Å². The molecule has 27 heavy (non-hydrogen) atoms. The van der Waals surface area contributed by atoms with Crippen molar-refractivity contribution in [1.29, 1.82) is 0 Å². The average Bonchev–Trinajstić information content (AvgIpc) is 3.37. The quantitative estimate of drug-likeness (QED) is 0.385. The van der Waals surface area contributed by atoms with Gasteiger partial charge in [0.2, 0.25) is 5.78 Å². The molecule has 0 saturated heterocycles. The second-order valence-electron chi connectivity index (χ2n) is 5.93. The highest BCUT2D eigenvalue weighted by Gasteiger charge is 2.11. The van der Waals surface area contributed by atoms with E-state index in [1.165, 1.54) is 18.2 Å². The minimum Gasteiger partial charge on any atom is -0.453 e. The predicted octanol–water partition coefficient (Wildman–Crippen LogP) is 5.37. The van der Waals surface area contributed by atoms with Crippen LogP contribution in [0.3, 0.4) is 0 Å². The Morgan fingerprint density at radius 2 is 1.74 bits per heavy atom. The van der Waals surface area contributed by atoms with E-state index in [0.717, 1.165) is 16.8 Å². The summed E-state index contributed by atoms with van der Waals surface area (Å²) in [5.74, 6) is 0.151. The zero-order valence-corrected chi connectivity index (χ0v) is 14.2. The Kier molecular flexibility index (Phi) is 4.49. The maximum atomic E-state index is 13.0. The lowest BCUT2D eigenvalue weighted by Crippen LogP contribution is -1.90. The Labute approximate surface area is 155 Å². The van der Waals surface area contributed by atoms with Crippen LogP contribution in [0.4, 0.5) is 4.39 Å². The summed E-state index contributed by atoms with van der Waals surface area (Å²) < 4.78 is 18.6. The van der Waals surface area contributed by atoms with Crippen molar-refractivity contribution in [2.24, 2.45) is 0 Å². The van der Waals surface area contributed by atoms with Crippen LogP contribution in [0.15, 0.2) is 83.4 Å². The lowest BCUT2D eigenvalue weighted by atomic mass is 10.1. The normalized spacial score (nSPS) is 11.1. The number of carbonyl (C=O) groups excluding carboxylic acids is 1. The number of nitrogens with one attached hydrogen (secondary N) is 1. The van der Waals surface area contributed by atoms with Gasteiger partial charge in [0.05, 0.1) is 11.9 Å². The van der Waals surface area contributed by atoms with Gasteiger partial charge in [0.15, 0.2) is 5.76 Å². The number of aromatic amines is 1. The second kappa shape index (κ2) is 7.25. The van der Waals surface area contributed by atoms with E-state index in [1.54, 1.807) is 36.5 Å². The molecule has 4 nitrogen and oxygen atoms in total. The number of allylic oxidation sites excluding steroid dienone is 1. The fourth-order valence-electron chi connectivity index (χ4n) is 2.75. The highest BCUT2D eigenvalue weighted by molar-refractivity contribution is 6.05. The first-order chi connectivity index (χ1) is 13.2. The highest BCUT2D eigenvalue weighted by atomic mass is 19.1. The Bertz CT molecular complexity index is 1090. The summed E-state index contributed by atoms with van der Waals surface area (Å²) in [4.78, 5) is 12.4. The topological polar surface area (TPSA) is 58.9 Å². The van der Waals surface area contributed by atoms with Crippen molar-refractivity contribution in [3.05, 3.63) is 96.1 Å². The summed E-state index contributed by atoms with van der Waals surface area (Å²) in [6.07, 6.45) is 4.82. The Balaban J connectivity index is 1.54. The summed E-state index contributed by atoms with van der Waals surface area (Å²) in [7, 11) is 0. The standard InChI is InChI=1S/C22H15FN2O2/c23-18-9-6-15(7-10-18)20-12-13-21(27-20)19(26)11-8-17-14-24-25-22(17)16-4-2-1-3-5-16/h1-14H,(H,24,25)/b11-8+. The SMILES string of the molecule is O=C(/C=C/c1cn[nH]c1-c1ccccc1)c1ccc(-c2ccc(F)cc2)o1. The second-order valence-corrected chi connectivity index (χ2v) is 5.93. The van der Waals surface area contributed by atoms with Crippen molar-refractivity contribution in [1.82, 2.24) is 10.2 Å². The first kappa shape index (κ1) is 16.7. The maximum Gasteiger partial charge on any atom is 0.221 e. The fourth-order valence-corrected chi connectivity index (χ4v) is 2.75. The van der Waals surface area contributed by atoms with Crippen molar-refractivity contribution in [3.8, 4) is 22.6 Å². The molecule has 0 amide bonds. The Hall–Kier alpha value is -3.73. The molecule has 4 aromatic rings. The number of carbonyl (C=O) groups is 1. The van der Waals surface area contributed by atoms with Crippen molar-refractivity contribution < 1.29 is 13.6 Å². The van der Waals surface area contributed by atoms with Crippen LogP contribution < -0.4 is 0 Å². The van der Waals surface area contributed by atoms with E-state index in [2.05, 4.69) is 10.2 Å². The third kappa shape index (κ3) is 3.62. The van der Waals surface area contributed by atoms with Gasteiger partial charge in [-0.2, -0.15) is 5.10 Å². The van der Waals surface area contributed by atoms with E-state index in [0.29, 0.717) is 11.3 Å². The van der Waals surface area contributed by atoms with Crippen LogP contribution in [-0.4, -0.2) is 16.0 Å². The molecule has 0 aliphatic heterocycles. The summed E-state index contributed by atoms with van der Waals surface area (Å²) in [5, 5.41) is 7.01. The molecule has 2 heterocycles. The molecule has 2 aromatic carbocycles. The number of nitrogens with zero attached hydrogens (tertiary/aromatic N) is 1. The number of H-pyrrole nitrogens is 1. The van der Waals surface area contributed by atoms with Gasteiger partial charge in [0.1, 0.15) is 11.6 Å². The zero-order chi connectivity index (χ0) is 18.6. The van der Waals surface area contributed by atoms with E-state index in [-0.39, 0.29) is 17.4 Å². The smallest absolute Gasteiger partial charge is 0.221 e. The van der Waals surface area contributed by atoms with E-state index in [9.17, 15) is 9.18 Å². The van der Waals surface area contributed by atoms with Gasteiger partial charge in [-0.1, -0.05) is 30.3 Å². The van der Waals surface area contributed by atoms with Gasteiger partial charge < -0.3 is 4.42 Å². The first-order valence-electron chi connectivity index (χ1n) is 8.38. The Morgan fingerprint density at radius 1 is 0.963 bits per heavy atom. The fraction of sp³-hybridized carbons (Fsp3) is 0. The molecular formula is C22H15FN2O2. The number of aromatic nitrogens is 2. The third-order valence-electron chi connectivity index (χ3n) is 4.12. The van der Waals surface area contributed by atoms with E-state index < -0.39 is 0 Å². The zero-order valence-electron chi connectivity index (χ0n) is 14.2. The molecular weight excluding hydrogens is 343 g/mol. The number of halogens is 1. The van der Waals surface area contributed by atoms with Crippen molar-refractivity contribution in [2.75, 3.05) is 0 Å². The van der Waals surface area contributed by atoms with E-state index in [4.69, 9.17) is 4.42 Å². The molecule has 0 aliphatic carbocycles. The summed E-state index contributed by atoms with van der Waals surface area (Å²) >= 11 is 0. The number of benzene rings is 2. The highest BCUT2D eigenvalue weighted by Crippen LogP contribution is 2.24. The number of hydrogen-bond donors (Lipinski definition) is 1. The predicted molar refractivity (Wildman–Crippen MR) is 101 cm³/mol. The van der Waals surface area contributed by atoms with Crippen LogP contribution in [0.2, 0.25) is 0 Å². The van der Waals surface area contributed by atoms with Crippen LogP contribution >= 0.6 is 0 Å². The number of furan rings is 1. The van der Waals surface area contributed by atoms with Crippen molar-refractivity contribution in [2.45, 2.75) is 0 Å². The molecule has 0 saturated carbocycles. The lowest BCUT2D eigenvalue weighted by molar-refractivity contribution is 0.102. The molecule has 0 unspecified atom stereocenters. The minimum absolute atomic E-state index is 0.218. The molecule has 0 fully saturated rings. The molecule has 1 N–H and O–H groups in total. The average molecular weight is 358 g/mol. The molecule has 2 aromatic heterocycles. The molecule has 4 rings (SSSR count). The summed E-state index contributed by atoms with van der Waals surface area (Å²) in [6.45, 7) is 0. The number of hydrogen-bond acceptors (Lipinski definition) is 3. The molecule has 132 valence electrons. The largest absolute Gasteiger partial charge is 0.453 e. The van der Waals surface area contributed by atoms with Crippen molar-refractivity contribution in [3.63, 3.8) is 0 Å².